The zero-order valence-corrected chi connectivity index (χ0v) is 13.5. The highest BCUT2D eigenvalue weighted by Gasteiger charge is 2.62. The van der Waals surface area contributed by atoms with Gasteiger partial charge in [-0.1, -0.05) is 32.0 Å². The minimum Gasteiger partial charge on any atom is -0.378 e. The first kappa shape index (κ1) is 16.9. The topological polar surface area (TPSA) is 64.3 Å². The SMILES string of the molecule is CCOC1CC(N)(C(=O)NCCc2ccccc2F)C1(C)C. The fourth-order valence-electron chi connectivity index (χ4n) is 2.99. The van der Waals surface area contributed by atoms with Crippen molar-refractivity contribution in [1.29, 1.82) is 0 Å². The second kappa shape index (κ2) is 6.34. The van der Waals surface area contributed by atoms with Crippen LogP contribution in [0.5, 0.6) is 0 Å². The molecule has 0 bridgehead atoms. The largest absolute Gasteiger partial charge is 0.378 e. The van der Waals surface area contributed by atoms with Gasteiger partial charge in [-0.15, -0.1) is 0 Å². The molecule has 22 heavy (non-hydrogen) atoms. The zero-order valence-electron chi connectivity index (χ0n) is 13.5. The van der Waals surface area contributed by atoms with Crippen LogP contribution in [0.3, 0.4) is 0 Å². The fraction of sp³-hybridized carbons (Fsp3) is 0.588. The van der Waals surface area contributed by atoms with Crippen LogP contribution in [0.4, 0.5) is 4.39 Å². The molecule has 3 N–H and O–H groups in total. The molecular weight excluding hydrogens is 283 g/mol. The van der Waals surface area contributed by atoms with Gasteiger partial charge in [0, 0.05) is 25.0 Å². The van der Waals surface area contributed by atoms with Crippen LogP contribution in [0.15, 0.2) is 24.3 Å². The molecule has 2 unspecified atom stereocenters. The van der Waals surface area contributed by atoms with Crippen molar-refractivity contribution in [3.63, 3.8) is 0 Å². The van der Waals surface area contributed by atoms with E-state index in [2.05, 4.69) is 5.32 Å². The van der Waals surface area contributed by atoms with Gasteiger partial charge in [0.25, 0.3) is 0 Å². The normalized spacial score (nSPS) is 26.3. The molecular formula is C17H25FN2O2. The predicted molar refractivity (Wildman–Crippen MR) is 83.8 cm³/mol. The number of ether oxygens (including phenoxy) is 1. The van der Waals surface area contributed by atoms with Crippen LogP contribution < -0.4 is 11.1 Å². The third-order valence-electron chi connectivity index (χ3n) is 4.87. The second-order valence-electron chi connectivity index (χ2n) is 6.44. The van der Waals surface area contributed by atoms with Crippen LogP contribution in [-0.4, -0.2) is 30.7 Å². The van der Waals surface area contributed by atoms with E-state index in [0.717, 1.165) is 0 Å². The van der Waals surface area contributed by atoms with E-state index in [1.165, 1.54) is 6.07 Å². The van der Waals surface area contributed by atoms with Crippen molar-refractivity contribution in [2.24, 2.45) is 11.1 Å². The first-order valence-corrected chi connectivity index (χ1v) is 7.75. The minimum atomic E-state index is -0.929. The summed E-state index contributed by atoms with van der Waals surface area (Å²) < 4.78 is 19.1. The summed E-state index contributed by atoms with van der Waals surface area (Å²) in [6.45, 7) is 6.81. The van der Waals surface area contributed by atoms with Crippen LogP contribution in [-0.2, 0) is 16.0 Å². The zero-order chi connectivity index (χ0) is 16.4. The molecule has 2 atom stereocenters. The molecule has 1 amide bonds. The molecule has 2 rings (SSSR count). The maximum absolute atomic E-state index is 13.5. The maximum Gasteiger partial charge on any atom is 0.240 e. The molecule has 1 aromatic rings. The lowest BCUT2D eigenvalue weighted by Gasteiger charge is -2.57. The lowest BCUT2D eigenvalue weighted by molar-refractivity contribution is -0.170. The van der Waals surface area contributed by atoms with E-state index in [0.29, 0.717) is 31.6 Å². The maximum atomic E-state index is 13.5. The molecule has 4 nitrogen and oxygen atoms in total. The van der Waals surface area contributed by atoms with Crippen LogP contribution >= 0.6 is 0 Å². The number of hydrogen-bond donors (Lipinski definition) is 2. The molecule has 0 saturated heterocycles. The Balaban J connectivity index is 1.89. The molecule has 122 valence electrons. The van der Waals surface area contributed by atoms with E-state index in [1.54, 1.807) is 18.2 Å². The van der Waals surface area contributed by atoms with Gasteiger partial charge in [0.2, 0.25) is 5.91 Å². The van der Waals surface area contributed by atoms with E-state index in [-0.39, 0.29) is 17.8 Å². The van der Waals surface area contributed by atoms with Crippen LogP contribution in [0.1, 0.15) is 32.8 Å². The summed E-state index contributed by atoms with van der Waals surface area (Å²) in [5.74, 6) is -0.440. The smallest absolute Gasteiger partial charge is 0.240 e. The van der Waals surface area contributed by atoms with Crippen molar-refractivity contribution < 1.29 is 13.9 Å². The van der Waals surface area contributed by atoms with E-state index in [9.17, 15) is 9.18 Å². The monoisotopic (exact) mass is 308 g/mol. The number of carbonyl (C=O) groups excluding carboxylic acids is 1. The van der Waals surface area contributed by atoms with E-state index >= 15 is 0 Å². The Bertz CT molecular complexity index is 547. The van der Waals surface area contributed by atoms with Gasteiger partial charge in [0.05, 0.1) is 6.10 Å². The van der Waals surface area contributed by atoms with Crippen molar-refractivity contribution in [1.82, 2.24) is 5.32 Å². The van der Waals surface area contributed by atoms with Gasteiger partial charge < -0.3 is 15.8 Å². The molecule has 1 aromatic carbocycles. The molecule has 0 spiro atoms. The van der Waals surface area contributed by atoms with Crippen molar-refractivity contribution in [3.05, 3.63) is 35.6 Å². The van der Waals surface area contributed by atoms with Crippen molar-refractivity contribution in [2.45, 2.75) is 45.3 Å². The third-order valence-corrected chi connectivity index (χ3v) is 4.87. The average molecular weight is 308 g/mol. The summed E-state index contributed by atoms with van der Waals surface area (Å²) in [5, 5.41) is 2.83. The van der Waals surface area contributed by atoms with Gasteiger partial charge in [0.15, 0.2) is 0 Å². The van der Waals surface area contributed by atoms with Gasteiger partial charge in [-0.25, -0.2) is 4.39 Å². The number of benzene rings is 1. The van der Waals surface area contributed by atoms with Gasteiger partial charge in [-0.05, 0) is 25.0 Å². The molecule has 0 heterocycles. The molecule has 0 aliphatic heterocycles. The standard InChI is InChI=1S/C17H25FN2O2/c1-4-22-14-11-17(19,16(14,2)3)15(21)20-10-9-12-7-5-6-8-13(12)18/h5-8,14H,4,9-11,19H2,1-3H3,(H,20,21). The summed E-state index contributed by atoms with van der Waals surface area (Å²) in [6, 6.07) is 6.57. The van der Waals surface area contributed by atoms with E-state index in [4.69, 9.17) is 10.5 Å². The highest BCUT2D eigenvalue weighted by molar-refractivity contribution is 5.88. The van der Waals surface area contributed by atoms with Gasteiger partial charge in [-0.2, -0.15) is 0 Å². The van der Waals surface area contributed by atoms with Crippen LogP contribution in [0.2, 0.25) is 0 Å². The Morgan fingerprint density at radius 3 is 2.73 bits per heavy atom. The number of nitrogens with two attached hydrogens (primary N) is 1. The first-order chi connectivity index (χ1) is 10.3. The lowest BCUT2D eigenvalue weighted by Crippen LogP contribution is -2.75. The Morgan fingerprint density at radius 2 is 2.14 bits per heavy atom. The summed E-state index contributed by atoms with van der Waals surface area (Å²) in [4.78, 5) is 12.4. The molecule has 5 heteroatoms. The van der Waals surface area contributed by atoms with Gasteiger partial charge in [-0.3, -0.25) is 4.79 Å². The Labute approximate surface area is 131 Å². The Hall–Kier alpha value is -1.46. The van der Waals surface area contributed by atoms with E-state index in [1.807, 2.05) is 20.8 Å². The third kappa shape index (κ3) is 2.88. The predicted octanol–water partition coefficient (Wildman–Crippen LogP) is 2.02. The lowest BCUT2D eigenvalue weighted by atomic mass is 9.54. The summed E-state index contributed by atoms with van der Waals surface area (Å²) in [6.07, 6.45) is 0.961. The highest BCUT2D eigenvalue weighted by atomic mass is 19.1. The summed E-state index contributed by atoms with van der Waals surface area (Å²) in [7, 11) is 0. The Kier molecular flexibility index (Phi) is 4.87. The minimum absolute atomic E-state index is 0.000169. The summed E-state index contributed by atoms with van der Waals surface area (Å²) >= 11 is 0. The first-order valence-electron chi connectivity index (χ1n) is 7.75. The number of carbonyl (C=O) groups is 1. The second-order valence-corrected chi connectivity index (χ2v) is 6.44. The number of nitrogens with one attached hydrogen (secondary N) is 1. The number of rotatable bonds is 6. The Morgan fingerprint density at radius 1 is 1.45 bits per heavy atom. The molecule has 1 aliphatic carbocycles. The van der Waals surface area contributed by atoms with Crippen molar-refractivity contribution in [2.75, 3.05) is 13.2 Å². The highest BCUT2D eigenvalue weighted by Crippen LogP contribution is 2.49. The van der Waals surface area contributed by atoms with Gasteiger partial charge in [0.1, 0.15) is 11.4 Å². The molecule has 0 radical (unpaired) electrons. The van der Waals surface area contributed by atoms with Crippen molar-refractivity contribution in [3.8, 4) is 0 Å². The molecule has 1 aliphatic rings. The van der Waals surface area contributed by atoms with Crippen LogP contribution in [0.25, 0.3) is 0 Å². The van der Waals surface area contributed by atoms with Crippen molar-refractivity contribution >= 4 is 5.91 Å². The molecule has 0 aromatic heterocycles. The molecule has 1 saturated carbocycles. The fourth-order valence-corrected chi connectivity index (χ4v) is 2.99. The molecule has 1 fully saturated rings. The number of hydrogen-bond acceptors (Lipinski definition) is 3. The van der Waals surface area contributed by atoms with Gasteiger partial charge >= 0.3 is 0 Å². The number of halogens is 1. The average Bonchev–Trinajstić information content (AvgIpc) is 2.48. The van der Waals surface area contributed by atoms with E-state index < -0.39 is 11.0 Å². The number of amides is 1. The summed E-state index contributed by atoms with van der Waals surface area (Å²) in [5.41, 5.74) is 5.54. The quantitative estimate of drug-likeness (QED) is 0.845. The van der Waals surface area contributed by atoms with Crippen LogP contribution in [0, 0.1) is 11.2 Å².